The van der Waals surface area contributed by atoms with Crippen LogP contribution in [-0.2, 0) is 6.54 Å². The first kappa shape index (κ1) is 12.6. The third kappa shape index (κ3) is 2.01. The molecule has 4 bridgehead atoms. The van der Waals surface area contributed by atoms with Gasteiger partial charge in [0.25, 0.3) is 5.56 Å². The molecule has 4 aliphatic rings. The molecule has 4 aliphatic carbocycles. The fourth-order valence-corrected chi connectivity index (χ4v) is 5.36. The predicted molar refractivity (Wildman–Crippen MR) is 77.4 cm³/mol. The van der Waals surface area contributed by atoms with E-state index in [2.05, 4.69) is 10.3 Å². The molecule has 0 atom stereocenters. The number of nitrogens with zero attached hydrogens (tertiary/aromatic N) is 1. The quantitative estimate of drug-likeness (QED) is 0.886. The van der Waals surface area contributed by atoms with Gasteiger partial charge in [-0.05, 0) is 62.8 Å². The lowest BCUT2D eigenvalue weighted by atomic mass is 9.51. The highest BCUT2D eigenvalue weighted by atomic mass is 16.1. The molecule has 0 spiro atoms. The van der Waals surface area contributed by atoms with Gasteiger partial charge in [0.05, 0.1) is 12.2 Å². The van der Waals surface area contributed by atoms with Gasteiger partial charge in [-0.1, -0.05) is 0 Å². The Balaban J connectivity index is 1.68. The van der Waals surface area contributed by atoms with Crippen LogP contribution in [0.5, 0.6) is 0 Å². The van der Waals surface area contributed by atoms with E-state index in [1.54, 1.807) is 6.07 Å². The number of aromatic amines is 1. The van der Waals surface area contributed by atoms with Crippen LogP contribution < -0.4 is 10.9 Å². The summed E-state index contributed by atoms with van der Waals surface area (Å²) in [6, 6.07) is 1.76. The average Bonchev–Trinajstić information content (AvgIpc) is 2.37. The van der Waals surface area contributed by atoms with Crippen LogP contribution in [0.1, 0.15) is 49.5 Å². The van der Waals surface area contributed by atoms with E-state index in [4.69, 9.17) is 4.98 Å². The van der Waals surface area contributed by atoms with E-state index in [-0.39, 0.29) is 5.56 Å². The van der Waals surface area contributed by atoms with Crippen molar-refractivity contribution in [1.82, 2.24) is 15.3 Å². The molecule has 20 heavy (non-hydrogen) atoms. The van der Waals surface area contributed by atoms with E-state index in [0.29, 0.717) is 12.5 Å². The van der Waals surface area contributed by atoms with Crippen molar-refractivity contribution in [3.63, 3.8) is 0 Å². The lowest BCUT2D eigenvalue weighted by Crippen LogP contribution is -2.44. The van der Waals surface area contributed by atoms with Crippen LogP contribution in [0.4, 0.5) is 0 Å². The van der Waals surface area contributed by atoms with Gasteiger partial charge < -0.3 is 10.3 Å². The fraction of sp³-hybridized carbons (Fsp3) is 0.750. The minimum atomic E-state index is 0.00839. The molecule has 0 aromatic carbocycles. The van der Waals surface area contributed by atoms with Crippen molar-refractivity contribution >= 4 is 0 Å². The fourth-order valence-electron chi connectivity index (χ4n) is 5.36. The van der Waals surface area contributed by atoms with Gasteiger partial charge in [-0.2, -0.15) is 0 Å². The average molecular weight is 273 g/mol. The molecule has 4 heteroatoms. The summed E-state index contributed by atoms with van der Waals surface area (Å²) >= 11 is 0. The molecule has 4 nitrogen and oxygen atoms in total. The number of hydrogen-bond donors (Lipinski definition) is 2. The van der Waals surface area contributed by atoms with Gasteiger partial charge in [-0.3, -0.25) is 4.79 Å². The number of rotatable bonds is 3. The van der Waals surface area contributed by atoms with Gasteiger partial charge in [0.1, 0.15) is 5.82 Å². The standard InChI is InChI=1S/C16H23N3O/c1-17-8-14-18-13(7-15(20)19-14)16-11-3-9-2-10(5-11)6-12(16)4-9/h7,9-12,16-17H,2-6,8H2,1H3,(H,18,19,20). The van der Waals surface area contributed by atoms with Crippen LogP contribution in [-0.4, -0.2) is 17.0 Å². The molecular weight excluding hydrogens is 250 g/mol. The molecule has 108 valence electrons. The molecule has 0 unspecified atom stereocenters. The Hall–Kier alpha value is -1.16. The smallest absolute Gasteiger partial charge is 0.251 e. The van der Waals surface area contributed by atoms with Gasteiger partial charge in [-0.15, -0.1) is 0 Å². The van der Waals surface area contributed by atoms with Crippen LogP contribution in [0.3, 0.4) is 0 Å². The Labute approximate surface area is 119 Å². The van der Waals surface area contributed by atoms with Gasteiger partial charge in [0.2, 0.25) is 0 Å². The molecule has 1 aromatic heterocycles. The summed E-state index contributed by atoms with van der Waals surface area (Å²) in [5.41, 5.74) is 1.07. The SMILES string of the molecule is CNCc1nc(C2C3CC4CC(C3)CC2C4)cc(=O)[nH]1. The Morgan fingerprint density at radius 2 is 1.85 bits per heavy atom. The van der Waals surface area contributed by atoms with Gasteiger partial charge in [0, 0.05) is 12.0 Å². The van der Waals surface area contributed by atoms with E-state index in [1.165, 1.54) is 32.1 Å². The molecule has 5 rings (SSSR count). The predicted octanol–water partition coefficient (Wildman–Crippen LogP) is 2.03. The molecule has 0 amide bonds. The van der Waals surface area contributed by atoms with Crippen molar-refractivity contribution in [2.24, 2.45) is 23.7 Å². The maximum atomic E-state index is 11.9. The zero-order valence-corrected chi connectivity index (χ0v) is 12.1. The van der Waals surface area contributed by atoms with Crippen LogP contribution in [0.2, 0.25) is 0 Å². The number of hydrogen-bond acceptors (Lipinski definition) is 3. The number of aromatic nitrogens is 2. The molecule has 2 N–H and O–H groups in total. The van der Waals surface area contributed by atoms with Crippen LogP contribution in [0, 0.1) is 23.7 Å². The second-order valence-electron chi connectivity index (χ2n) is 7.10. The summed E-state index contributed by atoms with van der Waals surface area (Å²) in [6.45, 7) is 0.635. The molecule has 1 heterocycles. The van der Waals surface area contributed by atoms with Crippen molar-refractivity contribution in [2.75, 3.05) is 7.05 Å². The number of H-pyrrole nitrogens is 1. The summed E-state index contributed by atoms with van der Waals surface area (Å²) in [5, 5.41) is 3.07. The Kier molecular flexibility index (Phi) is 2.95. The van der Waals surface area contributed by atoms with Crippen molar-refractivity contribution in [1.29, 1.82) is 0 Å². The highest BCUT2D eigenvalue weighted by molar-refractivity contribution is 5.17. The monoisotopic (exact) mass is 273 g/mol. The molecule has 4 fully saturated rings. The normalized spacial score (nSPS) is 38.4. The maximum Gasteiger partial charge on any atom is 0.251 e. The molecule has 1 aromatic rings. The van der Waals surface area contributed by atoms with Gasteiger partial charge in [-0.25, -0.2) is 4.98 Å². The van der Waals surface area contributed by atoms with E-state index in [1.807, 2.05) is 7.05 Å². The highest BCUT2D eigenvalue weighted by Crippen LogP contribution is 2.59. The summed E-state index contributed by atoms with van der Waals surface area (Å²) in [6.07, 6.45) is 6.94. The maximum absolute atomic E-state index is 11.9. The Morgan fingerprint density at radius 3 is 2.45 bits per heavy atom. The van der Waals surface area contributed by atoms with Crippen molar-refractivity contribution in [2.45, 2.75) is 44.6 Å². The molecule has 0 saturated heterocycles. The second-order valence-corrected chi connectivity index (χ2v) is 7.10. The van der Waals surface area contributed by atoms with E-state index >= 15 is 0 Å². The lowest BCUT2D eigenvalue weighted by molar-refractivity contribution is -0.00429. The molecule has 0 radical (unpaired) electrons. The molecule has 4 saturated carbocycles. The van der Waals surface area contributed by atoms with E-state index < -0.39 is 0 Å². The first-order chi connectivity index (χ1) is 9.72. The van der Waals surface area contributed by atoms with Crippen LogP contribution in [0.25, 0.3) is 0 Å². The second kappa shape index (κ2) is 4.69. The van der Waals surface area contributed by atoms with Crippen molar-refractivity contribution in [3.05, 3.63) is 27.9 Å². The largest absolute Gasteiger partial charge is 0.313 e. The van der Waals surface area contributed by atoms with Crippen molar-refractivity contribution in [3.8, 4) is 0 Å². The van der Waals surface area contributed by atoms with E-state index in [0.717, 1.165) is 35.2 Å². The Morgan fingerprint density at radius 1 is 1.20 bits per heavy atom. The topological polar surface area (TPSA) is 57.8 Å². The van der Waals surface area contributed by atoms with Gasteiger partial charge in [0.15, 0.2) is 0 Å². The molecular formula is C16H23N3O. The first-order valence-electron chi connectivity index (χ1n) is 7.97. The lowest BCUT2D eigenvalue weighted by Gasteiger charge is -2.54. The summed E-state index contributed by atoms with van der Waals surface area (Å²) < 4.78 is 0. The van der Waals surface area contributed by atoms with Crippen molar-refractivity contribution < 1.29 is 0 Å². The summed E-state index contributed by atoms with van der Waals surface area (Å²) in [7, 11) is 1.88. The zero-order valence-electron chi connectivity index (χ0n) is 12.1. The van der Waals surface area contributed by atoms with Crippen LogP contribution >= 0.6 is 0 Å². The third-order valence-electron chi connectivity index (χ3n) is 5.72. The van der Waals surface area contributed by atoms with Crippen LogP contribution in [0.15, 0.2) is 10.9 Å². The first-order valence-corrected chi connectivity index (χ1v) is 7.97. The highest BCUT2D eigenvalue weighted by Gasteiger charge is 2.49. The minimum absolute atomic E-state index is 0.00839. The summed E-state index contributed by atoms with van der Waals surface area (Å²) in [4.78, 5) is 19.5. The minimum Gasteiger partial charge on any atom is -0.313 e. The number of nitrogens with one attached hydrogen (secondary N) is 2. The van der Waals surface area contributed by atoms with E-state index in [9.17, 15) is 4.79 Å². The summed E-state index contributed by atoms with van der Waals surface area (Å²) in [5.74, 6) is 4.82. The molecule has 0 aliphatic heterocycles. The third-order valence-corrected chi connectivity index (χ3v) is 5.72. The Bertz CT molecular complexity index is 537. The zero-order chi connectivity index (χ0) is 13.7. The van der Waals surface area contributed by atoms with Gasteiger partial charge >= 0.3 is 0 Å².